The van der Waals surface area contributed by atoms with Crippen molar-refractivity contribution in [2.75, 3.05) is 0 Å². The average molecular weight is 282 g/mol. The van der Waals surface area contributed by atoms with E-state index < -0.39 is 0 Å². The maximum absolute atomic E-state index is 12.2. The van der Waals surface area contributed by atoms with Crippen molar-refractivity contribution in [2.45, 2.75) is 13.3 Å². The lowest BCUT2D eigenvalue weighted by Gasteiger charge is -2.08. The zero-order valence-corrected chi connectivity index (χ0v) is 11.5. The number of aromatic hydroxyl groups is 2. The first kappa shape index (κ1) is 13.2. The minimum atomic E-state index is -0.337. The Morgan fingerprint density at radius 2 is 1.76 bits per heavy atom. The van der Waals surface area contributed by atoms with E-state index in [2.05, 4.69) is 0 Å². The highest BCUT2D eigenvalue weighted by Crippen LogP contribution is 2.31. The van der Waals surface area contributed by atoms with Crippen molar-refractivity contribution in [2.24, 2.45) is 0 Å². The van der Waals surface area contributed by atoms with Crippen LogP contribution in [0.2, 0.25) is 0 Å². The molecule has 0 radical (unpaired) electrons. The molecular formula is C17H14O4. The molecule has 0 saturated heterocycles. The summed E-state index contributed by atoms with van der Waals surface area (Å²) in [6, 6.07) is 11.6. The van der Waals surface area contributed by atoms with Gasteiger partial charge in [-0.25, -0.2) is 0 Å². The number of hydrogen-bond donors (Lipinski definition) is 2. The van der Waals surface area contributed by atoms with Gasteiger partial charge in [0.05, 0.1) is 5.39 Å². The molecule has 0 aliphatic carbocycles. The molecule has 2 aromatic carbocycles. The van der Waals surface area contributed by atoms with E-state index in [9.17, 15) is 15.0 Å². The molecule has 4 nitrogen and oxygen atoms in total. The van der Waals surface area contributed by atoms with Crippen LogP contribution in [0.1, 0.15) is 12.5 Å². The third-order valence-corrected chi connectivity index (χ3v) is 3.49. The van der Waals surface area contributed by atoms with Gasteiger partial charge in [-0.1, -0.05) is 31.2 Å². The van der Waals surface area contributed by atoms with Crippen LogP contribution in [0.3, 0.4) is 0 Å². The topological polar surface area (TPSA) is 70.7 Å². The molecule has 106 valence electrons. The molecule has 0 fully saturated rings. The first-order chi connectivity index (χ1) is 10.1. The number of fused-ring (bicyclic) bond motifs is 1. The molecule has 0 amide bonds. The van der Waals surface area contributed by atoms with Crippen molar-refractivity contribution in [3.63, 3.8) is 0 Å². The summed E-state index contributed by atoms with van der Waals surface area (Å²) in [5, 5.41) is 19.3. The van der Waals surface area contributed by atoms with E-state index in [4.69, 9.17) is 4.42 Å². The Balaban J connectivity index is 2.30. The van der Waals surface area contributed by atoms with Crippen LogP contribution in [0.5, 0.6) is 11.5 Å². The highest BCUT2D eigenvalue weighted by molar-refractivity contribution is 5.82. The Hall–Kier alpha value is -2.75. The summed E-state index contributed by atoms with van der Waals surface area (Å²) in [7, 11) is 0. The molecule has 0 saturated carbocycles. The summed E-state index contributed by atoms with van der Waals surface area (Å²) in [6.45, 7) is 2.03. The Bertz CT molecular complexity index is 878. The van der Waals surface area contributed by atoms with Crippen molar-refractivity contribution in [3.05, 3.63) is 58.3 Å². The normalized spacial score (nSPS) is 10.9. The molecule has 0 bridgehead atoms. The molecule has 1 aromatic heterocycles. The Labute approximate surface area is 120 Å². The van der Waals surface area contributed by atoms with Gasteiger partial charge in [-0.05, 0) is 18.1 Å². The third-order valence-electron chi connectivity index (χ3n) is 3.49. The van der Waals surface area contributed by atoms with Crippen molar-refractivity contribution >= 4 is 11.0 Å². The lowest BCUT2D eigenvalue weighted by molar-refractivity contribution is 0.403. The van der Waals surface area contributed by atoms with Crippen LogP contribution in [0.4, 0.5) is 0 Å². The fraction of sp³-hybridized carbons (Fsp3) is 0.118. The fourth-order valence-corrected chi connectivity index (χ4v) is 2.38. The van der Waals surface area contributed by atoms with E-state index in [1.807, 2.05) is 31.2 Å². The zero-order valence-electron chi connectivity index (χ0n) is 11.5. The highest BCUT2D eigenvalue weighted by atomic mass is 16.3. The summed E-state index contributed by atoms with van der Waals surface area (Å²) in [5.74, 6) is -0.196. The first-order valence-electron chi connectivity index (χ1n) is 6.68. The molecule has 0 spiro atoms. The van der Waals surface area contributed by atoms with Gasteiger partial charge in [-0.15, -0.1) is 0 Å². The molecule has 0 aliphatic rings. The van der Waals surface area contributed by atoms with Gasteiger partial charge in [0.15, 0.2) is 16.9 Å². The maximum Gasteiger partial charge on any atom is 0.193 e. The molecular weight excluding hydrogens is 268 g/mol. The molecule has 21 heavy (non-hydrogen) atoms. The van der Waals surface area contributed by atoms with Gasteiger partial charge in [-0.3, -0.25) is 4.79 Å². The Morgan fingerprint density at radius 1 is 1.05 bits per heavy atom. The van der Waals surface area contributed by atoms with E-state index in [1.165, 1.54) is 18.2 Å². The van der Waals surface area contributed by atoms with Gasteiger partial charge >= 0.3 is 0 Å². The van der Waals surface area contributed by atoms with Crippen LogP contribution in [0, 0.1) is 0 Å². The first-order valence-corrected chi connectivity index (χ1v) is 6.68. The maximum atomic E-state index is 12.2. The number of phenols is 2. The quantitative estimate of drug-likeness (QED) is 0.706. The minimum Gasteiger partial charge on any atom is -0.504 e. The molecule has 1 heterocycles. The summed E-state index contributed by atoms with van der Waals surface area (Å²) in [6.07, 6.45) is 0.818. The predicted octanol–water partition coefficient (Wildman–Crippen LogP) is 3.43. The molecule has 3 aromatic rings. The minimum absolute atomic E-state index is 0.239. The van der Waals surface area contributed by atoms with Gasteiger partial charge < -0.3 is 14.6 Å². The second-order valence-electron chi connectivity index (χ2n) is 4.82. The van der Waals surface area contributed by atoms with Crippen LogP contribution in [0.25, 0.3) is 22.3 Å². The van der Waals surface area contributed by atoms with Gasteiger partial charge in [0.2, 0.25) is 0 Å². The third kappa shape index (κ3) is 2.25. The average Bonchev–Trinajstić information content (AvgIpc) is 2.49. The number of rotatable bonds is 2. The lowest BCUT2D eigenvalue weighted by Crippen LogP contribution is -2.01. The van der Waals surface area contributed by atoms with E-state index in [1.54, 1.807) is 0 Å². The van der Waals surface area contributed by atoms with Crippen LogP contribution in [-0.4, -0.2) is 10.2 Å². The van der Waals surface area contributed by atoms with Crippen molar-refractivity contribution in [1.29, 1.82) is 0 Å². The number of phenolic OH excluding ortho intramolecular Hbond substituents is 2. The monoisotopic (exact) mass is 282 g/mol. The molecule has 3 rings (SSSR count). The fourth-order valence-electron chi connectivity index (χ4n) is 2.38. The number of hydrogen-bond acceptors (Lipinski definition) is 4. The van der Waals surface area contributed by atoms with Crippen LogP contribution >= 0.6 is 0 Å². The predicted molar refractivity (Wildman–Crippen MR) is 80.6 cm³/mol. The second kappa shape index (κ2) is 4.98. The second-order valence-corrected chi connectivity index (χ2v) is 4.82. The van der Waals surface area contributed by atoms with E-state index in [-0.39, 0.29) is 27.9 Å². The Kier molecular flexibility index (Phi) is 3.14. The summed E-state index contributed by atoms with van der Waals surface area (Å²) in [5.41, 5.74) is 1.92. The molecule has 2 N–H and O–H groups in total. The highest BCUT2D eigenvalue weighted by Gasteiger charge is 2.12. The van der Waals surface area contributed by atoms with Gasteiger partial charge in [0.25, 0.3) is 0 Å². The standard InChI is InChI=1S/C17H14O4/c1-2-10-5-3-4-6-11(10)16-8-13(18)12-7-14(19)15(20)9-17(12)21-16/h3-9,19-20H,2H2,1H3. The molecule has 4 heteroatoms. The van der Waals surface area contributed by atoms with Crippen LogP contribution in [0.15, 0.2) is 51.7 Å². The molecule has 0 atom stereocenters. The largest absolute Gasteiger partial charge is 0.504 e. The van der Waals surface area contributed by atoms with Crippen molar-refractivity contribution in [1.82, 2.24) is 0 Å². The van der Waals surface area contributed by atoms with Gasteiger partial charge in [0.1, 0.15) is 11.3 Å². The summed E-state index contributed by atoms with van der Waals surface area (Å²) in [4.78, 5) is 12.2. The summed E-state index contributed by atoms with van der Waals surface area (Å²) < 4.78 is 5.74. The van der Waals surface area contributed by atoms with Crippen molar-refractivity contribution < 1.29 is 14.6 Å². The van der Waals surface area contributed by atoms with Gasteiger partial charge in [-0.2, -0.15) is 0 Å². The lowest BCUT2D eigenvalue weighted by atomic mass is 10.0. The van der Waals surface area contributed by atoms with Crippen LogP contribution < -0.4 is 5.43 Å². The Morgan fingerprint density at radius 3 is 2.52 bits per heavy atom. The van der Waals surface area contributed by atoms with Crippen LogP contribution in [-0.2, 0) is 6.42 Å². The molecule has 0 unspecified atom stereocenters. The van der Waals surface area contributed by atoms with E-state index >= 15 is 0 Å². The van der Waals surface area contributed by atoms with Crippen molar-refractivity contribution in [3.8, 4) is 22.8 Å². The number of aryl methyl sites for hydroxylation is 1. The zero-order chi connectivity index (χ0) is 15.0. The van der Waals surface area contributed by atoms with E-state index in [0.29, 0.717) is 5.76 Å². The number of benzene rings is 2. The smallest absolute Gasteiger partial charge is 0.193 e. The summed E-state index contributed by atoms with van der Waals surface area (Å²) >= 11 is 0. The van der Waals surface area contributed by atoms with E-state index in [0.717, 1.165) is 17.5 Å². The molecule has 0 aliphatic heterocycles. The SMILES string of the molecule is CCc1ccccc1-c1cc(=O)c2cc(O)c(O)cc2o1. The van der Waals surface area contributed by atoms with Gasteiger partial charge in [0, 0.05) is 17.7 Å².